The summed E-state index contributed by atoms with van der Waals surface area (Å²) in [4.78, 5) is 27.1. The normalized spacial score (nSPS) is 17.1. The van der Waals surface area contributed by atoms with Crippen molar-refractivity contribution in [1.29, 1.82) is 0 Å². The van der Waals surface area contributed by atoms with Crippen LogP contribution in [0.25, 0.3) is 5.69 Å². The summed E-state index contributed by atoms with van der Waals surface area (Å²) in [5, 5.41) is 12.5. The van der Waals surface area contributed by atoms with Crippen LogP contribution in [0.1, 0.15) is 46.2 Å². The van der Waals surface area contributed by atoms with E-state index in [-0.39, 0.29) is 12.0 Å². The number of para-hydroxylation sites is 2. The van der Waals surface area contributed by atoms with Gasteiger partial charge in [-0.3, -0.25) is 14.5 Å². The Morgan fingerprint density at radius 3 is 2.43 bits per heavy atom. The Labute approximate surface area is 162 Å². The minimum atomic E-state index is -0.505. The lowest BCUT2D eigenvalue weighted by Crippen LogP contribution is -2.36. The summed E-state index contributed by atoms with van der Waals surface area (Å²) in [6, 6.07) is 12.8. The molecule has 0 spiro atoms. The highest BCUT2D eigenvalue weighted by Gasteiger charge is 2.48. The molecule has 1 saturated carbocycles. The first-order valence-electron chi connectivity index (χ1n) is 9.39. The first-order valence-corrected chi connectivity index (χ1v) is 9.39. The Balaban J connectivity index is 1.68. The van der Waals surface area contributed by atoms with Crippen LogP contribution >= 0.6 is 0 Å². The standard InChI is InChI=1S/C21H19N5O2/c1-12-6-5-7-13(2)17(12)26-20(22-23-24-26)18(14-10-11-14)25-16-9-4-3-8-15(16)19(27)21(25)28/h3-9,14,18H,10-11H2,1-2H3. The summed E-state index contributed by atoms with van der Waals surface area (Å²) >= 11 is 0. The van der Waals surface area contributed by atoms with E-state index in [9.17, 15) is 9.59 Å². The number of carbonyl (C=O) groups excluding carboxylic acids is 2. The highest BCUT2D eigenvalue weighted by Crippen LogP contribution is 2.48. The van der Waals surface area contributed by atoms with Crippen molar-refractivity contribution in [2.45, 2.75) is 32.7 Å². The number of amides is 1. The van der Waals surface area contributed by atoms with Gasteiger partial charge in [0.15, 0.2) is 5.82 Å². The zero-order chi connectivity index (χ0) is 19.4. The number of aromatic nitrogens is 4. The van der Waals surface area contributed by atoms with E-state index in [2.05, 4.69) is 15.5 Å². The van der Waals surface area contributed by atoms with Gasteiger partial charge in [0.2, 0.25) is 0 Å². The Bertz CT molecular complexity index is 1100. The number of Topliss-reactive ketones (excluding diaryl/α,β-unsaturated/α-hetero) is 1. The molecule has 2 aliphatic rings. The van der Waals surface area contributed by atoms with E-state index in [1.807, 2.05) is 44.2 Å². The van der Waals surface area contributed by atoms with Gasteiger partial charge in [-0.05, 0) is 66.3 Å². The van der Waals surface area contributed by atoms with Crippen molar-refractivity contribution in [3.05, 3.63) is 65.0 Å². The molecule has 1 aliphatic heterocycles. The van der Waals surface area contributed by atoms with Gasteiger partial charge in [-0.2, -0.15) is 4.68 Å². The zero-order valence-corrected chi connectivity index (χ0v) is 15.7. The van der Waals surface area contributed by atoms with Crippen molar-refractivity contribution in [2.75, 3.05) is 4.90 Å². The van der Waals surface area contributed by atoms with Crippen LogP contribution in [0.5, 0.6) is 0 Å². The van der Waals surface area contributed by atoms with Gasteiger partial charge in [-0.1, -0.05) is 30.3 Å². The molecule has 2 heterocycles. The van der Waals surface area contributed by atoms with Crippen molar-refractivity contribution >= 4 is 17.4 Å². The Hall–Kier alpha value is -3.35. The number of carbonyl (C=O) groups is 2. The first-order chi connectivity index (χ1) is 13.6. The maximum absolute atomic E-state index is 12.9. The summed E-state index contributed by atoms with van der Waals surface area (Å²) < 4.78 is 1.73. The van der Waals surface area contributed by atoms with Gasteiger partial charge in [-0.25, -0.2) is 0 Å². The third-order valence-corrected chi connectivity index (χ3v) is 5.58. The lowest BCUT2D eigenvalue weighted by Gasteiger charge is -2.27. The molecule has 7 nitrogen and oxygen atoms in total. The Kier molecular flexibility index (Phi) is 3.65. The van der Waals surface area contributed by atoms with Gasteiger partial charge in [0.25, 0.3) is 11.7 Å². The van der Waals surface area contributed by atoms with Crippen LogP contribution in [0.3, 0.4) is 0 Å². The number of ketones is 1. The summed E-state index contributed by atoms with van der Waals surface area (Å²) in [7, 11) is 0. The average molecular weight is 373 g/mol. The second-order valence-corrected chi connectivity index (χ2v) is 7.49. The molecule has 1 atom stereocenters. The van der Waals surface area contributed by atoms with Gasteiger partial charge in [0.1, 0.15) is 6.04 Å². The molecule has 1 aliphatic carbocycles. The van der Waals surface area contributed by atoms with Crippen LogP contribution in [0.4, 0.5) is 5.69 Å². The molecule has 28 heavy (non-hydrogen) atoms. The number of nitrogens with zero attached hydrogens (tertiary/aromatic N) is 5. The summed E-state index contributed by atoms with van der Waals surface area (Å²) in [6.07, 6.45) is 1.95. The van der Waals surface area contributed by atoms with Gasteiger partial charge < -0.3 is 0 Å². The van der Waals surface area contributed by atoms with Crippen molar-refractivity contribution in [1.82, 2.24) is 20.2 Å². The second kappa shape index (κ2) is 6.09. The average Bonchev–Trinajstić information content (AvgIpc) is 3.37. The molecule has 0 radical (unpaired) electrons. The summed E-state index contributed by atoms with van der Waals surface area (Å²) in [6.45, 7) is 4.03. The molecule has 0 saturated heterocycles. The Morgan fingerprint density at radius 1 is 1.00 bits per heavy atom. The molecule has 5 rings (SSSR count). The molecular weight excluding hydrogens is 354 g/mol. The predicted molar refractivity (Wildman–Crippen MR) is 102 cm³/mol. The minimum absolute atomic E-state index is 0.233. The molecule has 0 N–H and O–H groups in total. The fourth-order valence-electron chi connectivity index (χ4n) is 4.11. The van der Waals surface area contributed by atoms with Crippen molar-refractivity contribution in [2.24, 2.45) is 5.92 Å². The van der Waals surface area contributed by atoms with E-state index in [1.165, 1.54) is 0 Å². The third-order valence-electron chi connectivity index (χ3n) is 5.58. The minimum Gasteiger partial charge on any atom is -0.294 e. The lowest BCUT2D eigenvalue weighted by atomic mass is 10.1. The Morgan fingerprint density at radius 2 is 1.71 bits per heavy atom. The zero-order valence-electron chi connectivity index (χ0n) is 15.7. The van der Waals surface area contributed by atoms with Crippen LogP contribution in [0.2, 0.25) is 0 Å². The number of hydrogen-bond donors (Lipinski definition) is 0. The quantitative estimate of drug-likeness (QED) is 0.657. The third kappa shape index (κ3) is 2.39. The van der Waals surface area contributed by atoms with Gasteiger partial charge >= 0.3 is 0 Å². The monoisotopic (exact) mass is 373 g/mol. The van der Waals surface area contributed by atoms with Gasteiger partial charge in [0.05, 0.1) is 16.9 Å². The number of benzene rings is 2. The van der Waals surface area contributed by atoms with Crippen LogP contribution in [0, 0.1) is 19.8 Å². The molecule has 1 fully saturated rings. The summed E-state index contributed by atoms with van der Waals surface area (Å²) in [5.74, 6) is -0.142. The van der Waals surface area contributed by atoms with Crippen LogP contribution in [-0.2, 0) is 4.79 Å². The van der Waals surface area contributed by atoms with Crippen molar-refractivity contribution < 1.29 is 9.59 Å². The highest BCUT2D eigenvalue weighted by atomic mass is 16.2. The number of rotatable bonds is 4. The molecule has 1 aromatic heterocycles. The molecule has 0 bridgehead atoms. The largest absolute Gasteiger partial charge is 0.300 e. The second-order valence-electron chi connectivity index (χ2n) is 7.49. The van der Waals surface area contributed by atoms with E-state index in [0.717, 1.165) is 29.7 Å². The van der Waals surface area contributed by atoms with E-state index in [0.29, 0.717) is 17.1 Å². The number of hydrogen-bond acceptors (Lipinski definition) is 5. The highest BCUT2D eigenvalue weighted by molar-refractivity contribution is 6.52. The molecule has 1 amide bonds. The summed E-state index contributed by atoms with van der Waals surface area (Å²) in [5.41, 5.74) is 4.11. The van der Waals surface area contributed by atoms with Crippen LogP contribution < -0.4 is 4.90 Å². The molecule has 3 aromatic rings. The van der Waals surface area contributed by atoms with Crippen molar-refractivity contribution in [3.63, 3.8) is 0 Å². The van der Waals surface area contributed by atoms with E-state index < -0.39 is 11.7 Å². The van der Waals surface area contributed by atoms with Gasteiger partial charge in [-0.15, -0.1) is 5.10 Å². The topological polar surface area (TPSA) is 81.0 Å². The molecular formula is C21H19N5O2. The number of anilines is 1. The SMILES string of the molecule is Cc1cccc(C)c1-n1nnnc1C(C1CC1)N1C(=O)C(=O)c2ccccc21. The van der Waals surface area contributed by atoms with E-state index in [4.69, 9.17) is 0 Å². The molecule has 2 aromatic carbocycles. The number of fused-ring (bicyclic) bond motifs is 1. The van der Waals surface area contributed by atoms with Crippen LogP contribution in [-0.4, -0.2) is 31.9 Å². The number of tetrazole rings is 1. The lowest BCUT2D eigenvalue weighted by molar-refractivity contribution is -0.114. The van der Waals surface area contributed by atoms with E-state index in [1.54, 1.807) is 21.7 Å². The predicted octanol–water partition coefficient (Wildman–Crippen LogP) is 2.96. The first kappa shape index (κ1) is 16.8. The maximum atomic E-state index is 12.9. The smallest absolute Gasteiger partial charge is 0.294 e. The van der Waals surface area contributed by atoms with Gasteiger partial charge in [0, 0.05) is 0 Å². The van der Waals surface area contributed by atoms with Crippen LogP contribution in [0.15, 0.2) is 42.5 Å². The van der Waals surface area contributed by atoms with E-state index >= 15 is 0 Å². The fourth-order valence-corrected chi connectivity index (χ4v) is 4.11. The molecule has 140 valence electrons. The van der Waals surface area contributed by atoms with Crippen molar-refractivity contribution in [3.8, 4) is 5.69 Å². The fraction of sp³-hybridized carbons (Fsp3) is 0.286. The molecule has 7 heteroatoms. The molecule has 1 unspecified atom stereocenters. The number of aryl methyl sites for hydroxylation is 2. The maximum Gasteiger partial charge on any atom is 0.300 e.